The lowest BCUT2D eigenvalue weighted by molar-refractivity contribution is -0.139. The van der Waals surface area contributed by atoms with E-state index < -0.39 is 12.1 Å². The van der Waals surface area contributed by atoms with Gasteiger partial charge in [-0.25, -0.2) is 4.79 Å². The van der Waals surface area contributed by atoms with Crippen LogP contribution in [0.25, 0.3) is 0 Å². The standard InChI is InChI=1S/C4H8N2O2/c1-2-6-3(5)4(7)8/h2-3,6H,1,5H2,(H,7,8). The smallest absolute Gasteiger partial charge is 0.341 e. The molecular weight excluding hydrogens is 108 g/mol. The quantitative estimate of drug-likeness (QED) is 0.417. The second-order valence-corrected chi connectivity index (χ2v) is 1.19. The van der Waals surface area contributed by atoms with Crippen LogP contribution >= 0.6 is 0 Å². The van der Waals surface area contributed by atoms with Crippen molar-refractivity contribution < 1.29 is 9.90 Å². The lowest BCUT2D eigenvalue weighted by atomic mass is 10.5. The van der Waals surface area contributed by atoms with Gasteiger partial charge in [-0.3, -0.25) is 0 Å². The first-order valence-electron chi connectivity index (χ1n) is 2.04. The van der Waals surface area contributed by atoms with Crippen molar-refractivity contribution in [3.05, 3.63) is 12.8 Å². The molecular formula is C4H8N2O2. The maximum Gasteiger partial charge on any atom is 0.341 e. The average Bonchev–Trinajstić information content (AvgIpc) is 1.67. The molecule has 0 aliphatic heterocycles. The third kappa shape index (κ3) is 2.20. The highest BCUT2D eigenvalue weighted by Crippen LogP contribution is 1.68. The SMILES string of the molecule is C=CNC(N)C(=O)O. The molecule has 0 radical (unpaired) electrons. The topological polar surface area (TPSA) is 75.3 Å². The van der Waals surface area contributed by atoms with E-state index in [1.165, 1.54) is 6.20 Å². The van der Waals surface area contributed by atoms with Gasteiger partial charge >= 0.3 is 5.97 Å². The summed E-state index contributed by atoms with van der Waals surface area (Å²) >= 11 is 0. The van der Waals surface area contributed by atoms with E-state index in [0.29, 0.717) is 0 Å². The van der Waals surface area contributed by atoms with Crippen molar-refractivity contribution in [2.75, 3.05) is 0 Å². The predicted molar refractivity (Wildman–Crippen MR) is 28.9 cm³/mol. The van der Waals surface area contributed by atoms with Crippen LogP contribution < -0.4 is 11.1 Å². The Balaban J connectivity index is 3.46. The number of hydrogen-bond donors (Lipinski definition) is 3. The normalized spacial score (nSPS) is 12.1. The van der Waals surface area contributed by atoms with Crippen LogP contribution in [-0.4, -0.2) is 17.2 Å². The molecule has 4 heteroatoms. The highest BCUT2D eigenvalue weighted by Gasteiger charge is 2.05. The number of nitrogens with two attached hydrogens (primary N) is 1. The molecule has 0 saturated carbocycles. The van der Waals surface area contributed by atoms with Crippen LogP contribution in [0.15, 0.2) is 12.8 Å². The first-order chi connectivity index (χ1) is 3.68. The summed E-state index contributed by atoms with van der Waals surface area (Å²) in [6.07, 6.45) is 0.200. The number of carboxylic acid groups (broad SMARTS) is 1. The van der Waals surface area contributed by atoms with Crippen molar-refractivity contribution in [3.8, 4) is 0 Å². The molecule has 0 rings (SSSR count). The van der Waals surface area contributed by atoms with Crippen molar-refractivity contribution in [3.63, 3.8) is 0 Å². The molecule has 0 aromatic rings. The van der Waals surface area contributed by atoms with Gasteiger partial charge in [0, 0.05) is 0 Å². The Hall–Kier alpha value is -1.03. The molecule has 0 spiro atoms. The van der Waals surface area contributed by atoms with Crippen molar-refractivity contribution in [2.45, 2.75) is 6.17 Å². The van der Waals surface area contributed by atoms with E-state index >= 15 is 0 Å². The summed E-state index contributed by atoms with van der Waals surface area (Å²) in [6.45, 7) is 3.23. The van der Waals surface area contributed by atoms with Crippen molar-refractivity contribution in [2.24, 2.45) is 5.73 Å². The Labute approximate surface area is 47.0 Å². The summed E-state index contributed by atoms with van der Waals surface area (Å²) in [6, 6.07) is 0. The fraction of sp³-hybridized carbons (Fsp3) is 0.250. The van der Waals surface area contributed by atoms with Crippen molar-refractivity contribution >= 4 is 5.97 Å². The molecule has 4 nitrogen and oxygen atoms in total. The molecule has 0 bridgehead atoms. The zero-order valence-corrected chi connectivity index (χ0v) is 4.29. The minimum absolute atomic E-state index is 1.03. The molecule has 0 fully saturated rings. The maximum atomic E-state index is 9.85. The summed E-state index contributed by atoms with van der Waals surface area (Å²) in [5.74, 6) is -1.09. The summed E-state index contributed by atoms with van der Waals surface area (Å²) in [5.41, 5.74) is 4.95. The van der Waals surface area contributed by atoms with Crippen LogP contribution in [-0.2, 0) is 4.79 Å². The van der Waals surface area contributed by atoms with Gasteiger partial charge in [-0.05, 0) is 6.20 Å². The van der Waals surface area contributed by atoms with Gasteiger partial charge in [0.2, 0.25) is 0 Å². The molecule has 0 aromatic carbocycles. The van der Waals surface area contributed by atoms with Gasteiger partial charge in [-0.15, -0.1) is 0 Å². The van der Waals surface area contributed by atoms with E-state index in [1.807, 2.05) is 0 Å². The lowest BCUT2D eigenvalue weighted by Crippen LogP contribution is -2.41. The van der Waals surface area contributed by atoms with E-state index in [0.717, 1.165) is 0 Å². The van der Waals surface area contributed by atoms with Gasteiger partial charge in [0.25, 0.3) is 0 Å². The summed E-state index contributed by atoms with van der Waals surface area (Å²) < 4.78 is 0. The molecule has 0 aromatic heterocycles. The van der Waals surface area contributed by atoms with Crippen LogP contribution in [0.1, 0.15) is 0 Å². The third-order valence-corrected chi connectivity index (χ3v) is 0.563. The Kier molecular flexibility index (Phi) is 2.64. The Morgan fingerprint density at radius 2 is 2.50 bits per heavy atom. The fourth-order valence-corrected chi connectivity index (χ4v) is 0.198. The van der Waals surface area contributed by atoms with E-state index in [1.54, 1.807) is 0 Å². The van der Waals surface area contributed by atoms with E-state index in [2.05, 4.69) is 11.9 Å². The Bertz CT molecular complexity index is 102. The fourth-order valence-electron chi connectivity index (χ4n) is 0.198. The van der Waals surface area contributed by atoms with Crippen molar-refractivity contribution in [1.82, 2.24) is 5.32 Å². The predicted octanol–water partition coefficient (Wildman–Crippen LogP) is -0.911. The average molecular weight is 116 g/mol. The van der Waals surface area contributed by atoms with Gasteiger partial charge in [0.15, 0.2) is 6.17 Å². The van der Waals surface area contributed by atoms with Gasteiger partial charge < -0.3 is 16.2 Å². The van der Waals surface area contributed by atoms with Crippen LogP contribution in [0.2, 0.25) is 0 Å². The van der Waals surface area contributed by atoms with Crippen molar-refractivity contribution in [1.29, 1.82) is 0 Å². The molecule has 0 aliphatic carbocycles. The summed E-state index contributed by atoms with van der Waals surface area (Å²) in [5, 5.41) is 10.4. The van der Waals surface area contributed by atoms with Gasteiger partial charge in [-0.1, -0.05) is 6.58 Å². The second kappa shape index (κ2) is 3.04. The Morgan fingerprint density at radius 1 is 2.00 bits per heavy atom. The number of rotatable bonds is 3. The number of nitrogens with one attached hydrogen (secondary N) is 1. The molecule has 0 heterocycles. The summed E-state index contributed by atoms with van der Waals surface area (Å²) in [7, 11) is 0. The first kappa shape index (κ1) is 6.97. The number of carbonyl (C=O) groups is 1. The maximum absolute atomic E-state index is 9.85. The molecule has 46 valence electrons. The lowest BCUT2D eigenvalue weighted by Gasteiger charge is -2.02. The van der Waals surface area contributed by atoms with E-state index in [4.69, 9.17) is 10.8 Å². The molecule has 8 heavy (non-hydrogen) atoms. The van der Waals surface area contributed by atoms with E-state index in [9.17, 15) is 4.79 Å². The third-order valence-electron chi connectivity index (χ3n) is 0.563. The number of aliphatic carboxylic acids is 1. The van der Waals surface area contributed by atoms with Gasteiger partial charge in [-0.2, -0.15) is 0 Å². The highest BCUT2D eigenvalue weighted by atomic mass is 16.4. The van der Waals surface area contributed by atoms with Gasteiger partial charge in [0.1, 0.15) is 0 Å². The first-order valence-corrected chi connectivity index (χ1v) is 2.04. The molecule has 0 saturated heterocycles. The van der Waals surface area contributed by atoms with E-state index in [-0.39, 0.29) is 0 Å². The number of carboxylic acids is 1. The zero-order chi connectivity index (χ0) is 6.57. The molecule has 0 amide bonds. The van der Waals surface area contributed by atoms with Crippen LogP contribution in [0.3, 0.4) is 0 Å². The molecule has 1 atom stereocenters. The monoisotopic (exact) mass is 116 g/mol. The molecule has 1 unspecified atom stereocenters. The minimum atomic E-state index is -1.09. The highest BCUT2D eigenvalue weighted by molar-refractivity contribution is 5.72. The van der Waals surface area contributed by atoms with Crippen LogP contribution in [0.4, 0.5) is 0 Å². The number of hydrogen-bond acceptors (Lipinski definition) is 3. The van der Waals surface area contributed by atoms with Crippen LogP contribution in [0.5, 0.6) is 0 Å². The summed E-state index contributed by atoms with van der Waals surface area (Å²) in [4.78, 5) is 9.85. The molecule has 4 N–H and O–H groups in total. The minimum Gasteiger partial charge on any atom is -0.479 e. The zero-order valence-electron chi connectivity index (χ0n) is 4.29. The van der Waals surface area contributed by atoms with Crippen LogP contribution in [0, 0.1) is 0 Å². The van der Waals surface area contributed by atoms with Gasteiger partial charge in [0.05, 0.1) is 0 Å². The largest absolute Gasteiger partial charge is 0.479 e. The Morgan fingerprint density at radius 3 is 2.62 bits per heavy atom. The second-order valence-electron chi connectivity index (χ2n) is 1.19. The molecule has 0 aliphatic rings.